The van der Waals surface area contributed by atoms with Gasteiger partial charge in [-0.3, -0.25) is 0 Å². The topological polar surface area (TPSA) is 35.8 Å². The van der Waals surface area contributed by atoms with Gasteiger partial charge in [0.05, 0.1) is 11.6 Å². The van der Waals surface area contributed by atoms with Gasteiger partial charge >= 0.3 is 0 Å². The fraction of sp³-hybridized carbons (Fsp3) is 0.500. The number of rotatable bonds is 7. The molecule has 0 aliphatic carbocycles. The van der Waals surface area contributed by atoms with Gasteiger partial charge in [-0.1, -0.05) is 19.1 Å². The summed E-state index contributed by atoms with van der Waals surface area (Å²) in [5, 5.41) is 12.2. The van der Waals surface area contributed by atoms with Crippen LogP contribution < -0.4 is 5.32 Å². The molecule has 0 radical (unpaired) electrons. The fourth-order valence-corrected chi connectivity index (χ4v) is 2.24. The molecule has 17 heavy (non-hydrogen) atoms. The van der Waals surface area contributed by atoms with Gasteiger partial charge in [0, 0.05) is 6.04 Å². The minimum atomic E-state index is 0.356. The van der Waals surface area contributed by atoms with Gasteiger partial charge in [0.1, 0.15) is 0 Å². The monoisotopic (exact) mass is 248 g/mol. The SMILES string of the molecule is CCSCCCNC(C)c1ccc(C#N)cc1. The molecule has 0 aliphatic rings. The average Bonchev–Trinajstić information content (AvgIpc) is 2.38. The zero-order chi connectivity index (χ0) is 12.5. The van der Waals surface area contributed by atoms with Gasteiger partial charge < -0.3 is 5.32 Å². The summed E-state index contributed by atoms with van der Waals surface area (Å²) in [7, 11) is 0. The van der Waals surface area contributed by atoms with E-state index in [0.29, 0.717) is 6.04 Å². The molecule has 1 unspecified atom stereocenters. The quantitative estimate of drug-likeness (QED) is 0.752. The normalized spacial score (nSPS) is 12.1. The summed E-state index contributed by atoms with van der Waals surface area (Å²) in [4.78, 5) is 0. The Kier molecular flexibility index (Phi) is 6.76. The summed E-state index contributed by atoms with van der Waals surface area (Å²) >= 11 is 1.98. The van der Waals surface area contributed by atoms with Crippen LogP contribution in [0.2, 0.25) is 0 Å². The molecule has 1 atom stereocenters. The van der Waals surface area contributed by atoms with E-state index < -0.39 is 0 Å². The van der Waals surface area contributed by atoms with Crippen molar-refractivity contribution in [2.24, 2.45) is 0 Å². The molecular weight excluding hydrogens is 228 g/mol. The van der Waals surface area contributed by atoms with Crippen molar-refractivity contribution in [1.82, 2.24) is 5.32 Å². The third-order valence-electron chi connectivity index (χ3n) is 2.66. The fourth-order valence-electron chi connectivity index (χ4n) is 1.60. The molecule has 0 aromatic heterocycles. The molecule has 0 saturated heterocycles. The summed E-state index contributed by atoms with van der Waals surface area (Å²) in [5.41, 5.74) is 1.97. The number of hydrogen-bond acceptors (Lipinski definition) is 3. The highest BCUT2D eigenvalue weighted by molar-refractivity contribution is 7.99. The van der Waals surface area contributed by atoms with Crippen molar-refractivity contribution in [3.8, 4) is 6.07 Å². The molecule has 0 aliphatic heterocycles. The first-order chi connectivity index (χ1) is 8.27. The predicted molar refractivity (Wildman–Crippen MR) is 75.2 cm³/mol. The molecule has 2 nitrogen and oxygen atoms in total. The second kappa shape index (κ2) is 8.16. The maximum Gasteiger partial charge on any atom is 0.0991 e. The summed E-state index contributed by atoms with van der Waals surface area (Å²) in [6.07, 6.45) is 1.21. The van der Waals surface area contributed by atoms with Crippen molar-refractivity contribution >= 4 is 11.8 Å². The molecule has 1 aromatic carbocycles. The molecule has 92 valence electrons. The largest absolute Gasteiger partial charge is 0.310 e. The van der Waals surface area contributed by atoms with Gasteiger partial charge in [-0.2, -0.15) is 17.0 Å². The van der Waals surface area contributed by atoms with Crippen LogP contribution in [0, 0.1) is 11.3 Å². The van der Waals surface area contributed by atoms with Crippen molar-refractivity contribution in [2.45, 2.75) is 26.3 Å². The van der Waals surface area contributed by atoms with E-state index in [-0.39, 0.29) is 0 Å². The molecule has 0 saturated carbocycles. The van der Waals surface area contributed by atoms with Crippen LogP contribution in [0.1, 0.15) is 37.4 Å². The molecule has 1 rings (SSSR count). The van der Waals surface area contributed by atoms with Gasteiger partial charge in [-0.15, -0.1) is 0 Å². The summed E-state index contributed by atoms with van der Waals surface area (Å²) in [6, 6.07) is 10.3. The Hall–Kier alpha value is -0.980. The van der Waals surface area contributed by atoms with Gasteiger partial charge in [0.2, 0.25) is 0 Å². The predicted octanol–water partition coefficient (Wildman–Crippen LogP) is 3.35. The standard InChI is InChI=1S/C14H20N2S/c1-3-17-10-4-9-16-12(2)14-7-5-13(11-15)6-8-14/h5-8,12,16H,3-4,9-10H2,1-2H3. The number of nitriles is 1. The molecule has 0 amide bonds. The molecule has 0 spiro atoms. The summed E-state index contributed by atoms with van der Waals surface area (Å²) in [5.74, 6) is 2.43. The third-order valence-corrected chi connectivity index (χ3v) is 3.65. The van der Waals surface area contributed by atoms with Crippen LogP contribution in [0.3, 0.4) is 0 Å². The highest BCUT2D eigenvalue weighted by Crippen LogP contribution is 2.13. The lowest BCUT2D eigenvalue weighted by molar-refractivity contribution is 0.572. The van der Waals surface area contributed by atoms with E-state index in [0.717, 1.165) is 12.1 Å². The summed E-state index contributed by atoms with van der Waals surface area (Å²) < 4.78 is 0. The van der Waals surface area contributed by atoms with Crippen LogP contribution in [0.4, 0.5) is 0 Å². The molecule has 3 heteroatoms. The second-order valence-corrected chi connectivity index (χ2v) is 5.35. The van der Waals surface area contributed by atoms with Crippen LogP contribution >= 0.6 is 11.8 Å². The minimum absolute atomic E-state index is 0.356. The van der Waals surface area contributed by atoms with E-state index in [1.54, 1.807) is 0 Å². The van der Waals surface area contributed by atoms with Crippen LogP contribution in [0.25, 0.3) is 0 Å². The highest BCUT2D eigenvalue weighted by atomic mass is 32.2. The lowest BCUT2D eigenvalue weighted by atomic mass is 10.1. The maximum atomic E-state index is 8.72. The van der Waals surface area contributed by atoms with Crippen molar-refractivity contribution in [1.29, 1.82) is 5.26 Å². The smallest absolute Gasteiger partial charge is 0.0991 e. The lowest BCUT2D eigenvalue weighted by Crippen LogP contribution is -2.20. The van der Waals surface area contributed by atoms with Gasteiger partial charge in [0.15, 0.2) is 0 Å². The Morgan fingerprint density at radius 1 is 1.35 bits per heavy atom. The minimum Gasteiger partial charge on any atom is -0.310 e. The van der Waals surface area contributed by atoms with E-state index in [1.807, 2.05) is 36.0 Å². The van der Waals surface area contributed by atoms with Crippen LogP contribution in [0.15, 0.2) is 24.3 Å². The van der Waals surface area contributed by atoms with E-state index in [2.05, 4.69) is 25.2 Å². The van der Waals surface area contributed by atoms with Crippen LogP contribution in [-0.4, -0.2) is 18.1 Å². The van der Waals surface area contributed by atoms with Gasteiger partial charge in [-0.25, -0.2) is 0 Å². The first-order valence-corrected chi connectivity index (χ1v) is 7.24. The number of nitrogens with one attached hydrogen (secondary N) is 1. The first-order valence-electron chi connectivity index (χ1n) is 6.09. The summed E-state index contributed by atoms with van der Waals surface area (Å²) in [6.45, 7) is 5.40. The first kappa shape index (κ1) is 14.1. The lowest BCUT2D eigenvalue weighted by Gasteiger charge is -2.14. The average molecular weight is 248 g/mol. The maximum absolute atomic E-state index is 8.72. The van der Waals surface area contributed by atoms with Crippen molar-refractivity contribution < 1.29 is 0 Å². The van der Waals surface area contributed by atoms with Gasteiger partial charge in [0.25, 0.3) is 0 Å². The molecule has 1 N–H and O–H groups in total. The van der Waals surface area contributed by atoms with Crippen LogP contribution in [-0.2, 0) is 0 Å². The molecular formula is C14H20N2S. The number of thioether (sulfide) groups is 1. The van der Waals surface area contributed by atoms with E-state index in [9.17, 15) is 0 Å². The number of hydrogen-bond donors (Lipinski definition) is 1. The Morgan fingerprint density at radius 2 is 2.06 bits per heavy atom. The van der Waals surface area contributed by atoms with E-state index >= 15 is 0 Å². The Labute approximate surface area is 108 Å². The molecule has 1 aromatic rings. The molecule has 0 bridgehead atoms. The Bertz CT molecular complexity index is 353. The zero-order valence-corrected chi connectivity index (χ0v) is 11.4. The van der Waals surface area contributed by atoms with E-state index in [4.69, 9.17) is 5.26 Å². The molecule has 0 fully saturated rings. The second-order valence-electron chi connectivity index (χ2n) is 3.96. The highest BCUT2D eigenvalue weighted by Gasteiger charge is 2.03. The zero-order valence-electron chi connectivity index (χ0n) is 10.6. The number of nitrogens with zero attached hydrogens (tertiary/aromatic N) is 1. The Balaban J connectivity index is 2.31. The van der Waals surface area contributed by atoms with Crippen molar-refractivity contribution in [3.05, 3.63) is 35.4 Å². The Morgan fingerprint density at radius 3 is 2.65 bits per heavy atom. The van der Waals surface area contributed by atoms with E-state index in [1.165, 1.54) is 23.5 Å². The van der Waals surface area contributed by atoms with Crippen LogP contribution in [0.5, 0.6) is 0 Å². The van der Waals surface area contributed by atoms with Crippen molar-refractivity contribution in [2.75, 3.05) is 18.1 Å². The third kappa shape index (κ3) is 5.25. The van der Waals surface area contributed by atoms with Crippen molar-refractivity contribution in [3.63, 3.8) is 0 Å². The number of benzene rings is 1. The molecule has 0 heterocycles. The van der Waals surface area contributed by atoms with Gasteiger partial charge in [-0.05, 0) is 49.1 Å².